The van der Waals surface area contributed by atoms with Crippen molar-refractivity contribution in [2.75, 3.05) is 19.4 Å². The van der Waals surface area contributed by atoms with Crippen molar-refractivity contribution in [2.45, 2.75) is 40.3 Å². The van der Waals surface area contributed by atoms with E-state index in [0.717, 1.165) is 24.5 Å². The minimum Gasteiger partial charge on any atom is -0.497 e. The second-order valence-corrected chi connectivity index (χ2v) is 5.48. The quantitative estimate of drug-likeness (QED) is 0.788. The molecule has 0 aromatic heterocycles. The normalized spacial score (nSPS) is 11.6. The largest absolute Gasteiger partial charge is 0.497 e. The molecule has 0 aliphatic heterocycles. The first-order valence-electron chi connectivity index (χ1n) is 6.60. The van der Waals surface area contributed by atoms with Crippen LogP contribution in [0.2, 0.25) is 0 Å². The fourth-order valence-electron chi connectivity index (χ4n) is 1.99. The van der Waals surface area contributed by atoms with Gasteiger partial charge in [0.15, 0.2) is 0 Å². The molecule has 0 radical (unpaired) electrons. The zero-order valence-corrected chi connectivity index (χ0v) is 12.2. The van der Waals surface area contributed by atoms with E-state index in [2.05, 4.69) is 38.7 Å². The standard InChI is InChI=1S/C15H26N2O/c1-11(2)9-17(12(3)4)10-13-6-7-14(18-5)8-15(13)16/h6-8,11-12H,9-10,16H2,1-5H3. The lowest BCUT2D eigenvalue weighted by molar-refractivity contribution is 0.189. The molecule has 1 rings (SSSR count). The van der Waals surface area contributed by atoms with Gasteiger partial charge >= 0.3 is 0 Å². The third kappa shape index (κ3) is 4.22. The van der Waals surface area contributed by atoms with Crippen molar-refractivity contribution in [3.05, 3.63) is 23.8 Å². The average Bonchev–Trinajstić information content (AvgIpc) is 2.29. The monoisotopic (exact) mass is 250 g/mol. The summed E-state index contributed by atoms with van der Waals surface area (Å²) in [5.41, 5.74) is 8.05. The summed E-state index contributed by atoms with van der Waals surface area (Å²) in [6.45, 7) is 10.9. The zero-order valence-electron chi connectivity index (χ0n) is 12.2. The Morgan fingerprint density at radius 2 is 1.89 bits per heavy atom. The maximum atomic E-state index is 6.07. The first-order valence-corrected chi connectivity index (χ1v) is 6.60. The van der Waals surface area contributed by atoms with Gasteiger partial charge in [-0.25, -0.2) is 0 Å². The number of nitrogens with two attached hydrogens (primary N) is 1. The maximum absolute atomic E-state index is 6.07. The van der Waals surface area contributed by atoms with Crippen molar-refractivity contribution in [3.63, 3.8) is 0 Å². The summed E-state index contributed by atoms with van der Waals surface area (Å²) in [6, 6.07) is 6.45. The smallest absolute Gasteiger partial charge is 0.120 e. The minimum absolute atomic E-state index is 0.522. The lowest BCUT2D eigenvalue weighted by Gasteiger charge is -2.28. The van der Waals surface area contributed by atoms with Gasteiger partial charge in [-0.15, -0.1) is 0 Å². The van der Waals surface area contributed by atoms with Crippen molar-refractivity contribution < 1.29 is 4.74 Å². The molecule has 0 saturated heterocycles. The number of hydrogen-bond donors (Lipinski definition) is 1. The molecule has 3 heteroatoms. The molecule has 0 aliphatic carbocycles. The highest BCUT2D eigenvalue weighted by Gasteiger charge is 2.13. The van der Waals surface area contributed by atoms with Crippen LogP contribution in [-0.4, -0.2) is 24.6 Å². The molecule has 3 nitrogen and oxygen atoms in total. The number of anilines is 1. The number of rotatable bonds is 6. The fourth-order valence-corrected chi connectivity index (χ4v) is 1.99. The number of hydrogen-bond acceptors (Lipinski definition) is 3. The Hall–Kier alpha value is -1.22. The summed E-state index contributed by atoms with van der Waals surface area (Å²) in [4.78, 5) is 2.45. The van der Waals surface area contributed by atoms with Gasteiger partial charge in [-0.05, 0) is 31.4 Å². The SMILES string of the molecule is COc1ccc(CN(CC(C)C)C(C)C)c(N)c1. The van der Waals surface area contributed by atoms with Crippen LogP contribution in [0.3, 0.4) is 0 Å². The van der Waals surface area contributed by atoms with E-state index in [1.165, 1.54) is 5.56 Å². The predicted octanol–water partition coefficient (Wildman–Crippen LogP) is 3.14. The van der Waals surface area contributed by atoms with E-state index in [1.807, 2.05) is 12.1 Å². The molecule has 0 amide bonds. The van der Waals surface area contributed by atoms with E-state index in [-0.39, 0.29) is 0 Å². The third-order valence-corrected chi connectivity index (χ3v) is 3.06. The highest BCUT2D eigenvalue weighted by Crippen LogP contribution is 2.22. The van der Waals surface area contributed by atoms with Gasteiger partial charge in [0, 0.05) is 30.9 Å². The topological polar surface area (TPSA) is 38.5 Å². The zero-order chi connectivity index (χ0) is 13.7. The van der Waals surface area contributed by atoms with Crippen molar-refractivity contribution in [1.29, 1.82) is 0 Å². The van der Waals surface area contributed by atoms with E-state index >= 15 is 0 Å². The van der Waals surface area contributed by atoms with Crippen LogP contribution in [0.15, 0.2) is 18.2 Å². The Morgan fingerprint density at radius 1 is 1.22 bits per heavy atom. The van der Waals surface area contributed by atoms with Gasteiger partial charge in [0.2, 0.25) is 0 Å². The molecule has 18 heavy (non-hydrogen) atoms. The molecule has 0 spiro atoms. The molecular weight excluding hydrogens is 224 g/mol. The summed E-state index contributed by atoms with van der Waals surface area (Å²) in [7, 11) is 1.66. The lowest BCUT2D eigenvalue weighted by atomic mass is 10.1. The number of nitrogens with zero attached hydrogens (tertiary/aromatic N) is 1. The van der Waals surface area contributed by atoms with Gasteiger partial charge in [-0.3, -0.25) is 4.90 Å². The van der Waals surface area contributed by atoms with Crippen LogP contribution in [0.1, 0.15) is 33.3 Å². The van der Waals surface area contributed by atoms with Gasteiger partial charge in [-0.1, -0.05) is 19.9 Å². The van der Waals surface area contributed by atoms with Crippen molar-refractivity contribution in [3.8, 4) is 5.75 Å². The van der Waals surface area contributed by atoms with E-state index in [9.17, 15) is 0 Å². The van der Waals surface area contributed by atoms with Gasteiger partial charge < -0.3 is 10.5 Å². The number of methoxy groups -OCH3 is 1. The number of ether oxygens (including phenoxy) is 1. The summed E-state index contributed by atoms with van der Waals surface area (Å²) in [5, 5.41) is 0. The second kappa shape index (κ2) is 6.64. The van der Waals surface area contributed by atoms with Crippen molar-refractivity contribution in [1.82, 2.24) is 4.90 Å². The Morgan fingerprint density at radius 3 is 2.33 bits per heavy atom. The molecule has 1 aromatic rings. The lowest BCUT2D eigenvalue weighted by Crippen LogP contribution is -2.33. The van der Waals surface area contributed by atoms with Gasteiger partial charge in [0.25, 0.3) is 0 Å². The third-order valence-electron chi connectivity index (χ3n) is 3.06. The van der Waals surface area contributed by atoms with Crippen LogP contribution in [-0.2, 0) is 6.54 Å². The average molecular weight is 250 g/mol. The molecule has 0 atom stereocenters. The highest BCUT2D eigenvalue weighted by atomic mass is 16.5. The molecule has 0 saturated carbocycles. The Kier molecular flexibility index (Phi) is 5.48. The van der Waals surface area contributed by atoms with E-state index in [0.29, 0.717) is 12.0 Å². The molecule has 0 heterocycles. The molecule has 1 aromatic carbocycles. The second-order valence-electron chi connectivity index (χ2n) is 5.48. The predicted molar refractivity (Wildman–Crippen MR) is 77.8 cm³/mol. The number of benzene rings is 1. The van der Waals surface area contributed by atoms with E-state index < -0.39 is 0 Å². The van der Waals surface area contributed by atoms with Gasteiger partial charge in [-0.2, -0.15) is 0 Å². The van der Waals surface area contributed by atoms with Crippen molar-refractivity contribution in [2.24, 2.45) is 5.92 Å². The summed E-state index contributed by atoms with van der Waals surface area (Å²) >= 11 is 0. The summed E-state index contributed by atoms with van der Waals surface area (Å²) < 4.78 is 5.17. The van der Waals surface area contributed by atoms with Crippen LogP contribution in [0.5, 0.6) is 5.75 Å². The van der Waals surface area contributed by atoms with E-state index in [1.54, 1.807) is 7.11 Å². The first-order chi connectivity index (χ1) is 8.43. The molecule has 0 aliphatic rings. The maximum Gasteiger partial charge on any atom is 0.120 e. The van der Waals surface area contributed by atoms with Crippen LogP contribution in [0.4, 0.5) is 5.69 Å². The molecular formula is C15H26N2O. The minimum atomic E-state index is 0.522. The van der Waals surface area contributed by atoms with E-state index in [4.69, 9.17) is 10.5 Å². The van der Waals surface area contributed by atoms with Crippen LogP contribution < -0.4 is 10.5 Å². The summed E-state index contributed by atoms with van der Waals surface area (Å²) in [5.74, 6) is 1.48. The van der Waals surface area contributed by atoms with Crippen LogP contribution in [0, 0.1) is 5.92 Å². The fraction of sp³-hybridized carbons (Fsp3) is 0.600. The molecule has 2 N–H and O–H groups in total. The van der Waals surface area contributed by atoms with Gasteiger partial charge in [0.1, 0.15) is 5.75 Å². The molecule has 0 bridgehead atoms. The molecule has 102 valence electrons. The highest BCUT2D eigenvalue weighted by molar-refractivity contribution is 5.51. The number of nitrogen functional groups attached to an aromatic ring is 1. The van der Waals surface area contributed by atoms with Crippen LogP contribution in [0.25, 0.3) is 0 Å². The Labute approximate surface area is 111 Å². The molecule has 0 unspecified atom stereocenters. The summed E-state index contributed by atoms with van der Waals surface area (Å²) in [6.07, 6.45) is 0. The molecule has 0 fully saturated rings. The first kappa shape index (κ1) is 14.8. The van der Waals surface area contributed by atoms with Crippen molar-refractivity contribution >= 4 is 5.69 Å². The Balaban J connectivity index is 2.80. The Bertz CT molecular complexity index is 375. The van der Waals surface area contributed by atoms with Crippen LogP contribution >= 0.6 is 0 Å². The van der Waals surface area contributed by atoms with Gasteiger partial charge in [0.05, 0.1) is 7.11 Å².